The van der Waals surface area contributed by atoms with Crippen LogP contribution in [0.2, 0.25) is 0 Å². The van der Waals surface area contributed by atoms with Crippen molar-refractivity contribution in [2.45, 2.75) is 19.3 Å². The first-order chi connectivity index (χ1) is 11.5. The highest BCUT2D eigenvalue weighted by atomic mass is 79.9. The molecule has 0 amide bonds. The van der Waals surface area contributed by atoms with E-state index in [0.717, 1.165) is 10.0 Å². The van der Waals surface area contributed by atoms with Crippen LogP contribution in [-0.2, 0) is 4.79 Å². The maximum Gasteiger partial charge on any atom is 0.343 e. The lowest BCUT2D eigenvalue weighted by Gasteiger charge is -2.18. The van der Waals surface area contributed by atoms with Crippen LogP contribution in [0.5, 0.6) is 5.75 Å². The summed E-state index contributed by atoms with van der Waals surface area (Å²) < 4.78 is 6.12. The van der Waals surface area contributed by atoms with Gasteiger partial charge >= 0.3 is 5.63 Å². The van der Waals surface area contributed by atoms with Crippen LogP contribution < -0.4 is 5.63 Å². The first-order valence-corrected chi connectivity index (χ1v) is 8.27. The third-order valence-corrected chi connectivity index (χ3v) is 4.66. The summed E-state index contributed by atoms with van der Waals surface area (Å²) in [6, 6.07) is 14.1. The number of halogens is 1. The van der Waals surface area contributed by atoms with Gasteiger partial charge in [-0.25, -0.2) is 4.79 Å². The standard InChI is InChI=1S/C19H15BrO4/c1-11(21)10-14(12-6-2-4-8-15(12)20)17-18(22)13-7-3-5-9-16(13)24-19(17)23/h2-9,14,22H,10H2,1H3/t14-/m1/s1. The fourth-order valence-corrected chi connectivity index (χ4v) is 3.43. The van der Waals surface area contributed by atoms with Crippen LogP contribution in [0.25, 0.3) is 11.0 Å². The average Bonchev–Trinajstić information content (AvgIpc) is 2.54. The Labute approximate surface area is 146 Å². The zero-order valence-corrected chi connectivity index (χ0v) is 14.5. The quantitative estimate of drug-likeness (QED) is 0.675. The molecular weight excluding hydrogens is 372 g/mol. The van der Waals surface area contributed by atoms with E-state index in [1.54, 1.807) is 24.3 Å². The van der Waals surface area contributed by atoms with E-state index < -0.39 is 11.5 Å². The molecule has 0 bridgehead atoms. The molecule has 0 saturated heterocycles. The van der Waals surface area contributed by atoms with Crippen molar-refractivity contribution >= 4 is 32.7 Å². The second-order valence-electron chi connectivity index (χ2n) is 5.63. The number of carbonyl (C=O) groups excluding carboxylic acids is 1. The molecule has 0 radical (unpaired) electrons. The fourth-order valence-electron chi connectivity index (χ4n) is 2.87. The SMILES string of the molecule is CC(=O)C[C@H](c1ccccc1Br)c1c(O)c2ccccc2oc1=O. The van der Waals surface area contributed by atoms with Gasteiger partial charge in [-0.3, -0.25) is 4.79 Å². The number of hydrogen-bond donors (Lipinski definition) is 1. The molecule has 1 heterocycles. The number of aromatic hydroxyl groups is 1. The first kappa shape index (κ1) is 16.5. The van der Waals surface area contributed by atoms with Gasteiger partial charge in [-0.05, 0) is 30.7 Å². The van der Waals surface area contributed by atoms with Gasteiger partial charge in [-0.1, -0.05) is 46.3 Å². The molecule has 1 aromatic heterocycles. The number of hydrogen-bond acceptors (Lipinski definition) is 4. The molecule has 2 aromatic carbocycles. The Kier molecular flexibility index (Phi) is 4.53. The third-order valence-electron chi connectivity index (χ3n) is 3.94. The Morgan fingerprint density at radius 3 is 2.54 bits per heavy atom. The van der Waals surface area contributed by atoms with E-state index in [1.165, 1.54) is 6.92 Å². The maximum atomic E-state index is 12.5. The second-order valence-corrected chi connectivity index (χ2v) is 6.48. The number of Topliss-reactive ketones (excluding diaryl/α,β-unsaturated/α-hetero) is 1. The predicted molar refractivity (Wildman–Crippen MR) is 95.4 cm³/mol. The molecule has 0 saturated carbocycles. The molecule has 3 rings (SSSR count). The average molecular weight is 387 g/mol. The van der Waals surface area contributed by atoms with Crippen molar-refractivity contribution in [2.75, 3.05) is 0 Å². The highest BCUT2D eigenvalue weighted by Crippen LogP contribution is 2.38. The van der Waals surface area contributed by atoms with Gasteiger partial charge in [-0.2, -0.15) is 0 Å². The number of carbonyl (C=O) groups is 1. The van der Waals surface area contributed by atoms with Gasteiger partial charge in [-0.15, -0.1) is 0 Å². The normalized spacial score (nSPS) is 12.2. The highest BCUT2D eigenvalue weighted by molar-refractivity contribution is 9.10. The van der Waals surface area contributed by atoms with Crippen molar-refractivity contribution in [1.82, 2.24) is 0 Å². The molecule has 0 aliphatic carbocycles. The van der Waals surface area contributed by atoms with E-state index >= 15 is 0 Å². The topological polar surface area (TPSA) is 67.5 Å². The van der Waals surface area contributed by atoms with Crippen LogP contribution in [0.1, 0.15) is 30.4 Å². The zero-order valence-electron chi connectivity index (χ0n) is 13.0. The Morgan fingerprint density at radius 1 is 1.17 bits per heavy atom. The van der Waals surface area contributed by atoms with E-state index in [2.05, 4.69) is 15.9 Å². The van der Waals surface area contributed by atoms with Crippen molar-refractivity contribution in [2.24, 2.45) is 0 Å². The molecule has 0 unspecified atom stereocenters. The van der Waals surface area contributed by atoms with Crippen LogP contribution in [0, 0.1) is 0 Å². The molecule has 0 aliphatic heterocycles. The van der Waals surface area contributed by atoms with E-state index in [0.29, 0.717) is 11.0 Å². The summed E-state index contributed by atoms with van der Waals surface area (Å²) in [4.78, 5) is 24.3. The molecule has 4 nitrogen and oxygen atoms in total. The second kappa shape index (κ2) is 6.61. The van der Waals surface area contributed by atoms with E-state index in [-0.39, 0.29) is 23.5 Å². The molecule has 0 aliphatic rings. The van der Waals surface area contributed by atoms with Crippen LogP contribution in [0.4, 0.5) is 0 Å². The number of para-hydroxylation sites is 1. The Hall–Kier alpha value is -2.40. The summed E-state index contributed by atoms with van der Waals surface area (Å²) in [5.74, 6) is -0.800. The molecule has 5 heteroatoms. The lowest BCUT2D eigenvalue weighted by atomic mass is 9.87. The summed E-state index contributed by atoms with van der Waals surface area (Å²) in [6.45, 7) is 1.46. The van der Waals surface area contributed by atoms with Crippen molar-refractivity contribution in [3.63, 3.8) is 0 Å². The van der Waals surface area contributed by atoms with E-state index in [1.807, 2.05) is 24.3 Å². The predicted octanol–water partition coefficient (Wildman–Crippen LogP) is 4.37. The monoisotopic (exact) mass is 386 g/mol. The van der Waals surface area contributed by atoms with Crippen LogP contribution in [0.15, 0.2) is 62.2 Å². The largest absolute Gasteiger partial charge is 0.507 e. The van der Waals surface area contributed by atoms with Gasteiger partial charge in [0.1, 0.15) is 17.1 Å². The minimum atomic E-state index is -0.631. The summed E-state index contributed by atoms with van der Waals surface area (Å²) in [7, 11) is 0. The number of ketones is 1. The summed E-state index contributed by atoms with van der Waals surface area (Å²) in [6.07, 6.45) is 0.0965. The fraction of sp³-hybridized carbons (Fsp3) is 0.158. The van der Waals surface area contributed by atoms with Crippen LogP contribution >= 0.6 is 15.9 Å². The lowest BCUT2D eigenvalue weighted by molar-refractivity contribution is -0.117. The van der Waals surface area contributed by atoms with Gasteiger partial charge < -0.3 is 9.52 Å². The van der Waals surface area contributed by atoms with E-state index in [9.17, 15) is 14.7 Å². The smallest absolute Gasteiger partial charge is 0.343 e. The zero-order chi connectivity index (χ0) is 17.3. The van der Waals surface area contributed by atoms with Crippen LogP contribution in [0.3, 0.4) is 0 Å². The minimum Gasteiger partial charge on any atom is -0.507 e. The molecular formula is C19H15BrO4. The lowest BCUT2D eigenvalue weighted by Crippen LogP contribution is -2.17. The van der Waals surface area contributed by atoms with Crippen molar-refractivity contribution < 1.29 is 14.3 Å². The number of fused-ring (bicyclic) bond motifs is 1. The number of benzene rings is 2. The molecule has 1 N–H and O–H groups in total. The maximum absolute atomic E-state index is 12.5. The Bertz CT molecular complexity index is 975. The van der Waals surface area contributed by atoms with Crippen molar-refractivity contribution in [3.8, 4) is 5.75 Å². The molecule has 122 valence electrons. The van der Waals surface area contributed by atoms with Gasteiger partial charge in [0.15, 0.2) is 0 Å². The third kappa shape index (κ3) is 2.99. The van der Waals surface area contributed by atoms with Crippen LogP contribution in [-0.4, -0.2) is 10.9 Å². The van der Waals surface area contributed by atoms with Gasteiger partial charge in [0, 0.05) is 16.8 Å². The summed E-state index contributed by atoms with van der Waals surface area (Å²) in [5, 5.41) is 11.1. The Morgan fingerprint density at radius 2 is 1.83 bits per heavy atom. The first-order valence-electron chi connectivity index (χ1n) is 7.47. The van der Waals surface area contributed by atoms with Gasteiger partial charge in [0.25, 0.3) is 0 Å². The van der Waals surface area contributed by atoms with Crippen molar-refractivity contribution in [3.05, 3.63) is 74.6 Å². The molecule has 0 spiro atoms. The van der Waals surface area contributed by atoms with Crippen molar-refractivity contribution in [1.29, 1.82) is 0 Å². The minimum absolute atomic E-state index is 0.0808. The molecule has 1 atom stereocenters. The van der Waals surface area contributed by atoms with E-state index in [4.69, 9.17) is 4.42 Å². The summed E-state index contributed by atoms with van der Waals surface area (Å²) >= 11 is 3.46. The highest BCUT2D eigenvalue weighted by Gasteiger charge is 2.27. The van der Waals surface area contributed by atoms with Gasteiger partial charge in [0.05, 0.1) is 10.9 Å². The van der Waals surface area contributed by atoms with Gasteiger partial charge in [0.2, 0.25) is 0 Å². The molecule has 24 heavy (non-hydrogen) atoms. The molecule has 0 fully saturated rings. The molecule has 3 aromatic rings. The Balaban J connectivity index is 2.29. The summed E-state index contributed by atoms with van der Waals surface area (Å²) in [5.41, 5.74) is 0.548. The number of rotatable bonds is 4.